The molecule has 16 heavy (non-hydrogen) atoms. The Kier molecular flexibility index (Phi) is 5.01. The number of nitrogens with one attached hydrogen (secondary N) is 1. The molecule has 0 unspecified atom stereocenters. The first-order valence-electron chi connectivity index (χ1n) is 4.75. The largest absolute Gasteiger partial charge is 0.404 e. The molecule has 3 nitrogen and oxygen atoms in total. The van der Waals surface area contributed by atoms with Crippen LogP contribution < -0.4 is 11.2 Å². The SMILES string of the molecule is C#C\C=C/C(/C=N\Nc1ccccc1)=C\N. The van der Waals surface area contributed by atoms with E-state index in [4.69, 9.17) is 12.2 Å². The fourth-order valence-corrected chi connectivity index (χ4v) is 0.980. The van der Waals surface area contributed by atoms with Gasteiger partial charge in [-0.15, -0.1) is 6.42 Å². The maximum Gasteiger partial charge on any atom is 0.0561 e. The van der Waals surface area contributed by atoms with E-state index in [2.05, 4.69) is 16.4 Å². The number of benzene rings is 1. The van der Waals surface area contributed by atoms with Gasteiger partial charge in [0.2, 0.25) is 0 Å². The number of terminal acetylenes is 1. The van der Waals surface area contributed by atoms with Crippen LogP contribution in [0.4, 0.5) is 5.69 Å². The van der Waals surface area contributed by atoms with Gasteiger partial charge in [-0.1, -0.05) is 24.1 Å². The van der Waals surface area contributed by atoms with Crippen molar-refractivity contribution >= 4 is 11.9 Å². The number of nitrogens with two attached hydrogens (primary N) is 1. The first-order chi connectivity index (χ1) is 7.86. The Hall–Kier alpha value is -2.47. The van der Waals surface area contributed by atoms with Crippen molar-refractivity contribution in [2.75, 3.05) is 5.43 Å². The topological polar surface area (TPSA) is 50.4 Å². The lowest BCUT2D eigenvalue weighted by molar-refractivity contribution is 1.35. The number of hydrogen-bond acceptors (Lipinski definition) is 3. The zero-order chi connectivity index (χ0) is 11.6. The first-order valence-corrected chi connectivity index (χ1v) is 4.75. The molecule has 1 aromatic carbocycles. The number of nitrogens with zero attached hydrogens (tertiary/aromatic N) is 1. The Balaban J connectivity index is 2.55. The number of para-hydroxylation sites is 1. The van der Waals surface area contributed by atoms with Gasteiger partial charge in [0, 0.05) is 11.8 Å². The van der Waals surface area contributed by atoms with Gasteiger partial charge in [-0.05, 0) is 24.3 Å². The minimum atomic E-state index is 0.737. The highest BCUT2D eigenvalue weighted by atomic mass is 15.3. The molecule has 0 radical (unpaired) electrons. The number of anilines is 1. The molecule has 0 spiro atoms. The van der Waals surface area contributed by atoms with E-state index in [1.54, 1.807) is 18.4 Å². The summed E-state index contributed by atoms with van der Waals surface area (Å²) in [5.74, 6) is 2.38. The second-order valence-corrected chi connectivity index (χ2v) is 2.90. The number of rotatable bonds is 4. The molecule has 1 rings (SSSR count). The van der Waals surface area contributed by atoms with Gasteiger partial charge in [-0.3, -0.25) is 5.43 Å². The molecule has 0 aliphatic rings. The van der Waals surface area contributed by atoms with Gasteiger partial charge in [0.25, 0.3) is 0 Å². The Bertz CT molecular complexity index is 436. The quantitative estimate of drug-likeness (QED) is 0.347. The average molecular weight is 211 g/mol. The molecule has 0 bridgehead atoms. The van der Waals surface area contributed by atoms with Crippen molar-refractivity contribution in [3.63, 3.8) is 0 Å². The Morgan fingerprint density at radius 2 is 2.12 bits per heavy atom. The third-order valence-corrected chi connectivity index (χ3v) is 1.75. The van der Waals surface area contributed by atoms with E-state index < -0.39 is 0 Å². The predicted octanol–water partition coefficient (Wildman–Crippen LogP) is 2.12. The lowest BCUT2D eigenvalue weighted by Gasteiger charge is -1.98. The summed E-state index contributed by atoms with van der Waals surface area (Å²) in [5, 5.41) is 4.02. The molecule has 0 amide bonds. The summed E-state index contributed by atoms with van der Waals surface area (Å²) in [6, 6.07) is 9.63. The zero-order valence-electron chi connectivity index (χ0n) is 8.80. The smallest absolute Gasteiger partial charge is 0.0561 e. The molecule has 0 aromatic heterocycles. The van der Waals surface area contributed by atoms with Crippen molar-refractivity contribution in [1.82, 2.24) is 0 Å². The third kappa shape index (κ3) is 4.16. The van der Waals surface area contributed by atoms with Gasteiger partial charge in [0.1, 0.15) is 0 Å². The highest BCUT2D eigenvalue weighted by Crippen LogP contribution is 2.04. The third-order valence-electron chi connectivity index (χ3n) is 1.75. The molecule has 3 N–H and O–H groups in total. The fourth-order valence-electron chi connectivity index (χ4n) is 0.980. The van der Waals surface area contributed by atoms with Gasteiger partial charge in [-0.2, -0.15) is 5.10 Å². The summed E-state index contributed by atoms with van der Waals surface area (Å²) in [6.07, 6.45) is 11.4. The summed E-state index contributed by atoms with van der Waals surface area (Å²) in [4.78, 5) is 0. The number of allylic oxidation sites excluding steroid dienone is 3. The number of hydrazone groups is 1. The summed E-state index contributed by atoms with van der Waals surface area (Å²) in [7, 11) is 0. The molecule has 0 aliphatic heterocycles. The van der Waals surface area contributed by atoms with Crippen LogP contribution >= 0.6 is 0 Å². The van der Waals surface area contributed by atoms with Gasteiger partial charge in [-0.25, -0.2) is 0 Å². The van der Waals surface area contributed by atoms with E-state index in [1.807, 2.05) is 30.3 Å². The summed E-state index contributed by atoms with van der Waals surface area (Å²) < 4.78 is 0. The van der Waals surface area contributed by atoms with E-state index in [9.17, 15) is 0 Å². The van der Waals surface area contributed by atoms with Crippen LogP contribution in [-0.2, 0) is 0 Å². The highest BCUT2D eigenvalue weighted by Gasteiger charge is 1.86. The van der Waals surface area contributed by atoms with Gasteiger partial charge >= 0.3 is 0 Å². The van der Waals surface area contributed by atoms with E-state index >= 15 is 0 Å². The normalized spacial score (nSPS) is 11.8. The molecule has 0 aliphatic carbocycles. The molecule has 0 atom stereocenters. The zero-order valence-corrected chi connectivity index (χ0v) is 8.80. The Morgan fingerprint density at radius 3 is 2.75 bits per heavy atom. The van der Waals surface area contributed by atoms with E-state index in [0.717, 1.165) is 11.3 Å². The van der Waals surface area contributed by atoms with Crippen molar-refractivity contribution < 1.29 is 0 Å². The first kappa shape index (κ1) is 11.6. The summed E-state index contributed by atoms with van der Waals surface area (Å²) >= 11 is 0. The summed E-state index contributed by atoms with van der Waals surface area (Å²) in [6.45, 7) is 0. The molecular formula is C13H13N3. The van der Waals surface area contributed by atoms with Crippen LogP contribution in [0.25, 0.3) is 0 Å². The fraction of sp³-hybridized carbons (Fsp3) is 0. The molecule has 3 heteroatoms. The average Bonchev–Trinajstić information content (AvgIpc) is 2.35. The monoisotopic (exact) mass is 211 g/mol. The molecule has 0 saturated carbocycles. The van der Waals surface area contributed by atoms with E-state index in [-0.39, 0.29) is 0 Å². The highest BCUT2D eigenvalue weighted by molar-refractivity contribution is 5.82. The number of hydrogen-bond donors (Lipinski definition) is 2. The standard InChI is InChI=1S/C13H13N3/c1-2-3-7-12(10-14)11-15-16-13-8-5-4-6-9-13/h1,3-11,16H,14H2/b7-3-,12-10+,15-11-. The van der Waals surface area contributed by atoms with Crippen molar-refractivity contribution in [2.24, 2.45) is 10.8 Å². The summed E-state index contributed by atoms with van der Waals surface area (Å²) in [5.41, 5.74) is 9.92. The van der Waals surface area contributed by atoms with Crippen molar-refractivity contribution in [3.05, 3.63) is 54.3 Å². The van der Waals surface area contributed by atoms with Crippen LogP contribution in [0.1, 0.15) is 0 Å². The van der Waals surface area contributed by atoms with E-state index in [0.29, 0.717) is 0 Å². The van der Waals surface area contributed by atoms with Crippen LogP contribution in [0.2, 0.25) is 0 Å². The van der Waals surface area contributed by atoms with E-state index in [1.165, 1.54) is 6.20 Å². The molecule has 0 fully saturated rings. The molecule has 0 heterocycles. The maximum absolute atomic E-state index is 5.39. The molecule has 1 aromatic rings. The van der Waals surface area contributed by atoms with Crippen LogP contribution in [0.5, 0.6) is 0 Å². The van der Waals surface area contributed by atoms with Crippen LogP contribution in [0, 0.1) is 12.3 Å². The van der Waals surface area contributed by atoms with Crippen molar-refractivity contribution in [2.45, 2.75) is 0 Å². The van der Waals surface area contributed by atoms with Gasteiger partial charge in [0.15, 0.2) is 0 Å². The minimum Gasteiger partial charge on any atom is -0.404 e. The second kappa shape index (κ2) is 6.91. The van der Waals surface area contributed by atoms with Crippen LogP contribution in [-0.4, -0.2) is 6.21 Å². The van der Waals surface area contributed by atoms with Gasteiger partial charge in [0.05, 0.1) is 11.9 Å². The predicted molar refractivity (Wildman–Crippen MR) is 68.8 cm³/mol. The van der Waals surface area contributed by atoms with Crippen molar-refractivity contribution in [1.29, 1.82) is 0 Å². The molecule has 0 saturated heterocycles. The van der Waals surface area contributed by atoms with Gasteiger partial charge < -0.3 is 5.73 Å². The van der Waals surface area contributed by atoms with Crippen molar-refractivity contribution in [3.8, 4) is 12.3 Å². The Labute approximate surface area is 95.4 Å². The lowest BCUT2D eigenvalue weighted by atomic mass is 10.3. The molecular weight excluding hydrogens is 198 g/mol. The molecule has 80 valence electrons. The lowest BCUT2D eigenvalue weighted by Crippen LogP contribution is -1.92. The maximum atomic E-state index is 5.39. The Morgan fingerprint density at radius 1 is 1.38 bits per heavy atom. The van der Waals surface area contributed by atoms with Crippen LogP contribution in [0.15, 0.2) is 59.4 Å². The second-order valence-electron chi connectivity index (χ2n) is 2.90. The minimum absolute atomic E-state index is 0.737. The van der Waals surface area contributed by atoms with Crippen LogP contribution in [0.3, 0.4) is 0 Å².